The minimum Gasteiger partial charge on any atom is -0.394 e. The van der Waals surface area contributed by atoms with Gasteiger partial charge in [-0.25, -0.2) is 0 Å². The van der Waals surface area contributed by atoms with Crippen LogP contribution in [0.1, 0.15) is 58.3 Å². The topological polar surface area (TPSA) is 40.5 Å². The molecule has 0 bridgehead atoms. The van der Waals surface area contributed by atoms with Crippen molar-refractivity contribution >= 4 is 5.91 Å². The molecule has 0 aromatic rings. The molecular weight excluding hydrogens is 226 g/mol. The second-order valence-electron chi connectivity index (χ2n) is 6.17. The molecule has 0 radical (unpaired) electrons. The predicted octanol–water partition coefficient (Wildman–Crippen LogP) is 2.58. The fourth-order valence-electron chi connectivity index (χ4n) is 3.40. The molecule has 104 valence electrons. The number of carbonyl (C=O) groups is 1. The summed E-state index contributed by atoms with van der Waals surface area (Å²) in [6, 6.07) is 0.0827. The molecule has 3 nitrogen and oxygen atoms in total. The second-order valence-corrected chi connectivity index (χ2v) is 6.17. The Balaban J connectivity index is 1.96. The average Bonchev–Trinajstić information content (AvgIpc) is 2.63. The fourth-order valence-corrected chi connectivity index (χ4v) is 3.40. The van der Waals surface area contributed by atoms with Gasteiger partial charge in [-0.3, -0.25) is 4.79 Å². The first-order valence-electron chi connectivity index (χ1n) is 7.63. The van der Waals surface area contributed by atoms with E-state index in [9.17, 15) is 9.90 Å². The molecule has 1 saturated carbocycles. The van der Waals surface area contributed by atoms with Gasteiger partial charge in [-0.05, 0) is 44.4 Å². The Morgan fingerprint density at radius 3 is 2.50 bits per heavy atom. The Bertz CT molecular complexity index is 272. The predicted molar refractivity (Wildman–Crippen MR) is 72.2 cm³/mol. The number of aliphatic hydroxyl groups is 1. The van der Waals surface area contributed by atoms with E-state index in [2.05, 4.69) is 6.92 Å². The average molecular weight is 253 g/mol. The highest BCUT2D eigenvalue weighted by Crippen LogP contribution is 2.31. The summed E-state index contributed by atoms with van der Waals surface area (Å²) in [5, 5.41) is 9.48. The molecule has 1 atom stereocenters. The smallest absolute Gasteiger partial charge is 0.226 e. The van der Waals surface area contributed by atoms with Gasteiger partial charge in [0, 0.05) is 12.5 Å². The number of nitrogens with zero attached hydrogens (tertiary/aromatic N) is 1. The summed E-state index contributed by atoms with van der Waals surface area (Å²) < 4.78 is 0. The number of carbonyl (C=O) groups excluding carboxylic acids is 1. The lowest BCUT2D eigenvalue weighted by Gasteiger charge is -2.34. The summed E-state index contributed by atoms with van der Waals surface area (Å²) in [4.78, 5) is 14.6. The van der Waals surface area contributed by atoms with Crippen molar-refractivity contribution < 1.29 is 9.90 Å². The van der Waals surface area contributed by atoms with Crippen molar-refractivity contribution in [3.63, 3.8) is 0 Å². The summed E-state index contributed by atoms with van der Waals surface area (Å²) in [5.74, 6) is 1.34. The molecule has 2 fully saturated rings. The van der Waals surface area contributed by atoms with Gasteiger partial charge in [0.1, 0.15) is 0 Å². The van der Waals surface area contributed by atoms with Crippen LogP contribution in [0.3, 0.4) is 0 Å². The lowest BCUT2D eigenvalue weighted by molar-refractivity contribution is -0.140. The lowest BCUT2D eigenvalue weighted by Crippen LogP contribution is -2.45. The van der Waals surface area contributed by atoms with Gasteiger partial charge in [0.15, 0.2) is 0 Å². The third kappa shape index (κ3) is 3.25. The van der Waals surface area contributed by atoms with Gasteiger partial charge in [0.05, 0.1) is 12.6 Å². The molecule has 0 aromatic heterocycles. The molecule has 0 aromatic carbocycles. The first kappa shape index (κ1) is 13.9. The Labute approximate surface area is 111 Å². The van der Waals surface area contributed by atoms with Crippen LogP contribution in [-0.2, 0) is 4.79 Å². The van der Waals surface area contributed by atoms with Gasteiger partial charge in [-0.15, -0.1) is 0 Å². The van der Waals surface area contributed by atoms with E-state index in [1.54, 1.807) is 0 Å². The van der Waals surface area contributed by atoms with E-state index in [-0.39, 0.29) is 18.6 Å². The summed E-state index contributed by atoms with van der Waals surface area (Å²) in [5.41, 5.74) is 0. The zero-order chi connectivity index (χ0) is 13.0. The number of hydrogen-bond acceptors (Lipinski definition) is 2. The first-order chi connectivity index (χ1) is 8.72. The molecule has 1 amide bonds. The van der Waals surface area contributed by atoms with E-state index >= 15 is 0 Å². The molecule has 2 rings (SSSR count). The number of rotatable bonds is 2. The summed E-state index contributed by atoms with van der Waals surface area (Å²) in [6.45, 7) is 3.27. The highest BCUT2D eigenvalue weighted by atomic mass is 16.3. The van der Waals surface area contributed by atoms with Crippen molar-refractivity contribution in [3.8, 4) is 0 Å². The Hall–Kier alpha value is -0.570. The summed E-state index contributed by atoms with van der Waals surface area (Å²) >= 11 is 0. The Morgan fingerprint density at radius 2 is 1.83 bits per heavy atom. The van der Waals surface area contributed by atoms with Crippen molar-refractivity contribution in [2.24, 2.45) is 11.8 Å². The van der Waals surface area contributed by atoms with Crippen LogP contribution in [0, 0.1) is 11.8 Å². The highest BCUT2D eigenvalue weighted by Gasteiger charge is 2.32. The molecule has 1 saturated heterocycles. The van der Waals surface area contributed by atoms with Crippen LogP contribution in [-0.4, -0.2) is 35.1 Å². The van der Waals surface area contributed by atoms with Crippen molar-refractivity contribution in [1.82, 2.24) is 4.90 Å². The zero-order valence-electron chi connectivity index (χ0n) is 11.6. The maximum Gasteiger partial charge on any atom is 0.226 e. The van der Waals surface area contributed by atoms with Crippen LogP contribution < -0.4 is 0 Å². The molecule has 1 aliphatic carbocycles. The van der Waals surface area contributed by atoms with Crippen LogP contribution >= 0.6 is 0 Å². The minimum absolute atomic E-state index is 0.0827. The molecule has 1 unspecified atom stereocenters. The quantitative estimate of drug-likeness (QED) is 0.821. The van der Waals surface area contributed by atoms with Crippen LogP contribution in [0.15, 0.2) is 0 Å². The molecule has 1 aliphatic heterocycles. The number of aliphatic hydroxyl groups excluding tert-OH is 1. The van der Waals surface area contributed by atoms with Crippen LogP contribution in [0.2, 0.25) is 0 Å². The molecule has 1 N–H and O–H groups in total. The van der Waals surface area contributed by atoms with E-state index in [0.29, 0.717) is 5.91 Å². The second kappa shape index (κ2) is 6.55. The van der Waals surface area contributed by atoms with Gasteiger partial charge in [-0.2, -0.15) is 0 Å². The van der Waals surface area contributed by atoms with Gasteiger partial charge in [-0.1, -0.05) is 19.8 Å². The summed E-state index contributed by atoms with van der Waals surface area (Å²) in [7, 11) is 0. The standard InChI is InChI=1S/C15H27NO2/c1-12-6-8-13(9-7-12)15(18)16-10-4-2-3-5-14(16)11-17/h12-14,17H,2-11H2,1H3. The van der Waals surface area contributed by atoms with Gasteiger partial charge >= 0.3 is 0 Å². The van der Waals surface area contributed by atoms with Crippen LogP contribution in [0.5, 0.6) is 0 Å². The van der Waals surface area contributed by atoms with Crippen molar-refractivity contribution in [2.45, 2.75) is 64.3 Å². The van der Waals surface area contributed by atoms with Crippen molar-refractivity contribution in [2.75, 3.05) is 13.2 Å². The van der Waals surface area contributed by atoms with E-state index in [0.717, 1.165) is 44.6 Å². The van der Waals surface area contributed by atoms with Crippen LogP contribution in [0.25, 0.3) is 0 Å². The maximum absolute atomic E-state index is 12.6. The first-order valence-corrected chi connectivity index (χ1v) is 7.63. The molecule has 2 aliphatic rings. The van der Waals surface area contributed by atoms with Crippen molar-refractivity contribution in [1.29, 1.82) is 0 Å². The molecule has 1 heterocycles. The molecule has 18 heavy (non-hydrogen) atoms. The Morgan fingerprint density at radius 1 is 1.11 bits per heavy atom. The van der Waals surface area contributed by atoms with E-state index in [1.165, 1.54) is 19.3 Å². The van der Waals surface area contributed by atoms with E-state index in [1.807, 2.05) is 4.90 Å². The Kier molecular flexibility index (Phi) is 5.04. The van der Waals surface area contributed by atoms with Crippen molar-refractivity contribution in [3.05, 3.63) is 0 Å². The van der Waals surface area contributed by atoms with E-state index < -0.39 is 0 Å². The summed E-state index contributed by atoms with van der Waals surface area (Å²) in [6.07, 6.45) is 8.90. The lowest BCUT2D eigenvalue weighted by atomic mass is 9.82. The maximum atomic E-state index is 12.6. The largest absolute Gasteiger partial charge is 0.394 e. The highest BCUT2D eigenvalue weighted by molar-refractivity contribution is 5.79. The zero-order valence-corrected chi connectivity index (χ0v) is 11.6. The van der Waals surface area contributed by atoms with Gasteiger partial charge in [0.2, 0.25) is 5.91 Å². The molecule has 3 heteroatoms. The SMILES string of the molecule is CC1CCC(C(=O)N2CCCCCC2CO)CC1. The van der Waals surface area contributed by atoms with Gasteiger partial charge in [0.25, 0.3) is 0 Å². The number of likely N-dealkylation sites (tertiary alicyclic amines) is 1. The minimum atomic E-state index is 0.0827. The number of amides is 1. The van der Waals surface area contributed by atoms with Gasteiger partial charge < -0.3 is 10.0 Å². The van der Waals surface area contributed by atoms with E-state index in [4.69, 9.17) is 0 Å². The third-order valence-electron chi connectivity index (χ3n) is 4.74. The van der Waals surface area contributed by atoms with Crippen LogP contribution in [0.4, 0.5) is 0 Å². The third-order valence-corrected chi connectivity index (χ3v) is 4.74. The number of hydrogen-bond donors (Lipinski definition) is 1. The molecule has 0 spiro atoms. The normalized spacial score (nSPS) is 34.1. The monoisotopic (exact) mass is 253 g/mol. The fraction of sp³-hybridized carbons (Fsp3) is 0.933. The molecular formula is C15H27NO2.